The molecule has 3 aromatic rings. The van der Waals surface area contributed by atoms with E-state index in [1.54, 1.807) is 30.2 Å². The highest BCUT2D eigenvalue weighted by atomic mass is 79.9. The summed E-state index contributed by atoms with van der Waals surface area (Å²) in [6.45, 7) is 3.48. The monoisotopic (exact) mass is 500 g/mol. The van der Waals surface area contributed by atoms with Crippen molar-refractivity contribution in [3.05, 3.63) is 68.0 Å². The Hall–Kier alpha value is -2.84. The number of nitrogens with zero attached hydrogens (tertiary/aromatic N) is 2. The maximum absolute atomic E-state index is 13.6. The third-order valence-corrected chi connectivity index (χ3v) is 6.01. The summed E-state index contributed by atoms with van der Waals surface area (Å²) in [5, 5.41) is 0.434. The van der Waals surface area contributed by atoms with E-state index in [4.69, 9.17) is 13.9 Å². The number of rotatable bonds is 7. The Kier molecular flexibility index (Phi) is 6.26. The highest BCUT2D eigenvalue weighted by molar-refractivity contribution is 9.10. The SMILES string of the molecule is CCOc1ccc(C2c3c(oc4ccc(Br)cc4c3=O)C(=O)N2CCN(C)C)cc1OC. The van der Waals surface area contributed by atoms with E-state index in [0.717, 1.165) is 10.0 Å². The molecule has 4 rings (SSSR count). The van der Waals surface area contributed by atoms with Gasteiger partial charge in [0.2, 0.25) is 5.76 Å². The molecule has 168 valence electrons. The number of halogens is 1. The molecule has 1 aliphatic heterocycles. The van der Waals surface area contributed by atoms with Gasteiger partial charge in [0, 0.05) is 17.6 Å². The van der Waals surface area contributed by atoms with Gasteiger partial charge in [-0.15, -0.1) is 0 Å². The first kappa shape index (κ1) is 22.4. The Labute approximate surface area is 194 Å². The fourth-order valence-electron chi connectivity index (χ4n) is 4.01. The summed E-state index contributed by atoms with van der Waals surface area (Å²) < 4.78 is 17.9. The van der Waals surface area contributed by atoms with Crippen LogP contribution in [0.2, 0.25) is 0 Å². The van der Waals surface area contributed by atoms with Crippen molar-refractivity contribution in [2.45, 2.75) is 13.0 Å². The third kappa shape index (κ3) is 3.89. The third-order valence-electron chi connectivity index (χ3n) is 5.52. The van der Waals surface area contributed by atoms with Crippen LogP contribution in [0.3, 0.4) is 0 Å². The topological polar surface area (TPSA) is 72.2 Å². The van der Waals surface area contributed by atoms with Crippen LogP contribution in [-0.2, 0) is 0 Å². The van der Waals surface area contributed by atoms with Gasteiger partial charge in [0.15, 0.2) is 16.9 Å². The number of carbonyl (C=O) groups excluding carboxylic acids is 1. The normalized spacial score (nSPS) is 15.5. The zero-order chi connectivity index (χ0) is 23.0. The second-order valence-corrected chi connectivity index (χ2v) is 8.78. The summed E-state index contributed by atoms with van der Waals surface area (Å²) >= 11 is 3.42. The lowest BCUT2D eigenvalue weighted by Crippen LogP contribution is -2.35. The molecule has 0 saturated carbocycles. The largest absolute Gasteiger partial charge is 0.493 e. The van der Waals surface area contributed by atoms with Crippen LogP contribution in [0.25, 0.3) is 11.0 Å². The molecule has 1 amide bonds. The molecule has 7 nitrogen and oxygen atoms in total. The van der Waals surface area contributed by atoms with Gasteiger partial charge in [-0.3, -0.25) is 9.59 Å². The van der Waals surface area contributed by atoms with Gasteiger partial charge in [-0.1, -0.05) is 22.0 Å². The van der Waals surface area contributed by atoms with Gasteiger partial charge in [-0.25, -0.2) is 0 Å². The summed E-state index contributed by atoms with van der Waals surface area (Å²) in [5.41, 5.74) is 1.30. The van der Waals surface area contributed by atoms with Crippen LogP contribution in [0.4, 0.5) is 0 Å². The number of hydrogen-bond acceptors (Lipinski definition) is 6. The Balaban J connectivity index is 1.92. The molecule has 0 N–H and O–H groups in total. The Bertz CT molecular complexity index is 1240. The second kappa shape index (κ2) is 8.96. The zero-order valence-electron chi connectivity index (χ0n) is 18.5. The van der Waals surface area contributed by atoms with E-state index in [0.29, 0.717) is 47.7 Å². The van der Waals surface area contributed by atoms with Crippen molar-refractivity contribution in [3.8, 4) is 11.5 Å². The molecule has 0 spiro atoms. The van der Waals surface area contributed by atoms with Gasteiger partial charge in [0.25, 0.3) is 5.91 Å². The van der Waals surface area contributed by atoms with Crippen LogP contribution in [0, 0.1) is 0 Å². The number of likely N-dealkylation sites (N-methyl/N-ethyl adjacent to an activating group) is 1. The number of hydrogen-bond donors (Lipinski definition) is 0. The number of carbonyl (C=O) groups is 1. The zero-order valence-corrected chi connectivity index (χ0v) is 20.1. The molecule has 2 aromatic carbocycles. The first-order valence-corrected chi connectivity index (χ1v) is 11.2. The lowest BCUT2D eigenvalue weighted by molar-refractivity contribution is 0.0716. The first-order valence-electron chi connectivity index (χ1n) is 10.4. The molecular formula is C24H25BrN2O5. The van der Waals surface area contributed by atoms with E-state index < -0.39 is 6.04 Å². The summed E-state index contributed by atoms with van der Waals surface area (Å²) in [6, 6.07) is 10.1. The van der Waals surface area contributed by atoms with Crippen molar-refractivity contribution in [1.29, 1.82) is 0 Å². The van der Waals surface area contributed by atoms with Gasteiger partial charge < -0.3 is 23.7 Å². The number of benzene rings is 2. The number of amides is 1. The molecule has 0 fully saturated rings. The van der Waals surface area contributed by atoms with Gasteiger partial charge in [0.1, 0.15) is 5.58 Å². The van der Waals surface area contributed by atoms with Gasteiger partial charge in [-0.2, -0.15) is 0 Å². The summed E-state index contributed by atoms with van der Waals surface area (Å²) in [5.74, 6) is 0.964. The first-order chi connectivity index (χ1) is 15.3. The molecular weight excluding hydrogens is 476 g/mol. The summed E-state index contributed by atoms with van der Waals surface area (Å²) in [4.78, 5) is 30.7. The van der Waals surface area contributed by atoms with Crippen LogP contribution in [0.15, 0.2) is 50.1 Å². The van der Waals surface area contributed by atoms with Crippen molar-refractivity contribution in [2.75, 3.05) is 40.9 Å². The highest BCUT2D eigenvalue weighted by Gasteiger charge is 2.42. The van der Waals surface area contributed by atoms with Crippen LogP contribution < -0.4 is 14.9 Å². The average molecular weight is 501 g/mol. The smallest absolute Gasteiger partial charge is 0.290 e. The molecule has 2 heterocycles. The molecule has 0 radical (unpaired) electrons. The Morgan fingerprint density at radius 3 is 2.59 bits per heavy atom. The van der Waals surface area contributed by atoms with E-state index in [2.05, 4.69) is 15.9 Å². The standard InChI is InChI=1S/C24H25BrN2O5/c1-5-31-18-8-6-14(12-19(18)30-4)21-20-22(28)16-13-15(25)7-9-17(16)32-23(20)24(29)27(21)11-10-26(2)3/h6-9,12-13,21H,5,10-11H2,1-4H3. The molecule has 1 aliphatic rings. The number of ether oxygens (including phenoxy) is 2. The molecule has 0 saturated heterocycles. The Morgan fingerprint density at radius 2 is 1.91 bits per heavy atom. The van der Waals surface area contributed by atoms with Crippen molar-refractivity contribution >= 4 is 32.8 Å². The Morgan fingerprint density at radius 1 is 1.12 bits per heavy atom. The van der Waals surface area contributed by atoms with Crippen molar-refractivity contribution < 1.29 is 18.7 Å². The molecule has 8 heteroatoms. The molecule has 0 aliphatic carbocycles. The average Bonchev–Trinajstić information content (AvgIpc) is 3.05. The molecule has 1 unspecified atom stereocenters. The van der Waals surface area contributed by atoms with Gasteiger partial charge in [-0.05, 0) is 56.9 Å². The molecule has 0 bridgehead atoms. The van der Waals surface area contributed by atoms with Crippen molar-refractivity contribution in [3.63, 3.8) is 0 Å². The highest BCUT2D eigenvalue weighted by Crippen LogP contribution is 2.41. The van der Waals surface area contributed by atoms with Crippen molar-refractivity contribution in [2.24, 2.45) is 0 Å². The van der Waals surface area contributed by atoms with Gasteiger partial charge >= 0.3 is 0 Å². The van der Waals surface area contributed by atoms with Gasteiger partial charge in [0.05, 0.1) is 30.7 Å². The van der Waals surface area contributed by atoms with E-state index in [1.807, 2.05) is 44.1 Å². The quantitative estimate of drug-likeness (QED) is 0.486. The maximum atomic E-state index is 13.6. The van der Waals surface area contributed by atoms with Crippen LogP contribution >= 0.6 is 15.9 Å². The van der Waals surface area contributed by atoms with Crippen LogP contribution in [0.5, 0.6) is 11.5 Å². The second-order valence-electron chi connectivity index (χ2n) is 7.86. The summed E-state index contributed by atoms with van der Waals surface area (Å²) in [6.07, 6.45) is 0. The molecule has 1 atom stereocenters. The predicted molar refractivity (Wildman–Crippen MR) is 126 cm³/mol. The molecule has 1 aromatic heterocycles. The number of methoxy groups -OCH3 is 1. The molecule has 32 heavy (non-hydrogen) atoms. The minimum absolute atomic E-state index is 0.0985. The van der Waals surface area contributed by atoms with E-state index in [1.165, 1.54) is 0 Å². The maximum Gasteiger partial charge on any atom is 0.290 e. The van der Waals surface area contributed by atoms with Crippen LogP contribution in [0.1, 0.15) is 34.6 Å². The van der Waals surface area contributed by atoms with Crippen LogP contribution in [-0.4, -0.2) is 56.6 Å². The lowest BCUT2D eigenvalue weighted by atomic mass is 9.98. The van der Waals surface area contributed by atoms with Crippen molar-refractivity contribution in [1.82, 2.24) is 9.80 Å². The summed E-state index contributed by atoms with van der Waals surface area (Å²) in [7, 11) is 5.45. The fourth-order valence-corrected chi connectivity index (χ4v) is 4.37. The fraction of sp³-hybridized carbons (Fsp3) is 0.333. The predicted octanol–water partition coefficient (Wildman–Crippen LogP) is 4.07. The van der Waals surface area contributed by atoms with E-state index >= 15 is 0 Å². The minimum Gasteiger partial charge on any atom is -0.493 e. The van der Waals surface area contributed by atoms with E-state index in [9.17, 15) is 9.59 Å². The lowest BCUT2D eigenvalue weighted by Gasteiger charge is -2.27. The van der Waals surface area contributed by atoms with E-state index in [-0.39, 0.29) is 17.1 Å². The number of fused-ring (bicyclic) bond motifs is 2. The minimum atomic E-state index is -0.582.